The second-order valence-corrected chi connectivity index (χ2v) is 5.01. The van der Waals surface area contributed by atoms with E-state index in [1.807, 2.05) is 12.3 Å². The molecule has 2 heterocycles. The van der Waals surface area contributed by atoms with Gasteiger partial charge in [-0.25, -0.2) is 9.97 Å². The molecule has 5 nitrogen and oxygen atoms in total. The summed E-state index contributed by atoms with van der Waals surface area (Å²) >= 11 is 1.62. The summed E-state index contributed by atoms with van der Waals surface area (Å²) in [5, 5.41) is 8.85. The molecule has 0 aliphatic rings. The van der Waals surface area contributed by atoms with Gasteiger partial charge in [-0.15, -0.1) is 11.3 Å². The molecule has 6 heteroatoms. The molecular formula is C13H16N4OS. The molecule has 0 bridgehead atoms. The number of hydrogen-bond donors (Lipinski definition) is 2. The van der Waals surface area contributed by atoms with Gasteiger partial charge in [0.15, 0.2) is 0 Å². The molecule has 0 saturated carbocycles. The number of pyridine rings is 1. The number of hydrogen-bond acceptors (Lipinski definition) is 5. The van der Waals surface area contributed by atoms with Crippen LogP contribution in [0.2, 0.25) is 0 Å². The highest BCUT2D eigenvalue weighted by Crippen LogP contribution is 2.09. The Balaban J connectivity index is 1.87. The van der Waals surface area contributed by atoms with Crippen molar-refractivity contribution in [2.45, 2.75) is 13.3 Å². The lowest BCUT2D eigenvalue weighted by atomic mass is 10.2. The van der Waals surface area contributed by atoms with Crippen LogP contribution in [0.3, 0.4) is 0 Å². The largest absolute Gasteiger partial charge is 0.373 e. The highest BCUT2D eigenvalue weighted by atomic mass is 32.1. The number of carbonyl (C=O) groups excluding carboxylic acids is 1. The molecule has 0 spiro atoms. The van der Waals surface area contributed by atoms with Crippen LogP contribution < -0.4 is 10.6 Å². The van der Waals surface area contributed by atoms with Crippen molar-refractivity contribution in [2.24, 2.45) is 0 Å². The zero-order valence-electron chi connectivity index (χ0n) is 10.9. The summed E-state index contributed by atoms with van der Waals surface area (Å²) < 4.78 is 0. The average molecular weight is 276 g/mol. The molecule has 2 N–H and O–H groups in total. The number of amides is 1. The van der Waals surface area contributed by atoms with Crippen LogP contribution in [0.1, 0.15) is 21.1 Å². The lowest BCUT2D eigenvalue weighted by Crippen LogP contribution is -2.25. The van der Waals surface area contributed by atoms with Crippen LogP contribution in [-0.2, 0) is 6.42 Å². The number of aryl methyl sites for hydroxylation is 1. The lowest BCUT2D eigenvalue weighted by Gasteiger charge is -2.05. The second-order valence-electron chi connectivity index (χ2n) is 4.07. The number of anilines is 1. The maximum atomic E-state index is 11.9. The number of rotatable bonds is 5. The zero-order chi connectivity index (χ0) is 13.7. The van der Waals surface area contributed by atoms with Crippen LogP contribution >= 0.6 is 11.3 Å². The van der Waals surface area contributed by atoms with Gasteiger partial charge in [0.05, 0.1) is 5.01 Å². The van der Waals surface area contributed by atoms with Gasteiger partial charge in [-0.05, 0) is 19.1 Å². The van der Waals surface area contributed by atoms with E-state index in [2.05, 4.69) is 20.6 Å². The first-order chi connectivity index (χ1) is 9.19. The minimum absolute atomic E-state index is 0.0906. The fourth-order valence-electron chi connectivity index (χ4n) is 1.61. The fraction of sp³-hybridized carbons (Fsp3) is 0.308. The smallest absolute Gasteiger partial charge is 0.251 e. The van der Waals surface area contributed by atoms with Crippen LogP contribution in [0.25, 0.3) is 0 Å². The Morgan fingerprint density at radius 1 is 1.47 bits per heavy atom. The highest BCUT2D eigenvalue weighted by Gasteiger charge is 2.06. The SMILES string of the molecule is CNc1cc(C(=O)NCCc2nc(C)cs2)ccn1. The quantitative estimate of drug-likeness (QED) is 0.874. The van der Waals surface area contributed by atoms with Crippen molar-refractivity contribution >= 4 is 23.1 Å². The summed E-state index contributed by atoms with van der Waals surface area (Å²) in [6.07, 6.45) is 2.37. The summed E-state index contributed by atoms with van der Waals surface area (Å²) in [5.41, 5.74) is 1.63. The third-order valence-corrected chi connectivity index (χ3v) is 3.60. The van der Waals surface area contributed by atoms with Crippen molar-refractivity contribution in [1.29, 1.82) is 0 Å². The van der Waals surface area contributed by atoms with Crippen LogP contribution in [0.5, 0.6) is 0 Å². The molecule has 0 fully saturated rings. The van der Waals surface area contributed by atoms with Crippen molar-refractivity contribution in [3.05, 3.63) is 40.0 Å². The molecule has 0 saturated heterocycles. The minimum Gasteiger partial charge on any atom is -0.373 e. The highest BCUT2D eigenvalue weighted by molar-refractivity contribution is 7.09. The second kappa shape index (κ2) is 6.29. The van der Waals surface area contributed by atoms with Gasteiger partial charge < -0.3 is 10.6 Å². The summed E-state index contributed by atoms with van der Waals surface area (Å²) in [7, 11) is 1.77. The molecule has 0 radical (unpaired) electrons. The van der Waals surface area contributed by atoms with E-state index in [0.29, 0.717) is 17.9 Å². The zero-order valence-corrected chi connectivity index (χ0v) is 11.8. The Labute approximate surface area is 116 Å². The van der Waals surface area contributed by atoms with Crippen molar-refractivity contribution in [2.75, 3.05) is 18.9 Å². The van der Waals surface area contributed by atoms with Crippen LogP contribution in [0.15, 0.2) is 23.7 Å². The minimum atomic E-state index is -0.0906. The summed E-state index contributed by atoms with van der Waals surface area (Å²) in [6, 6.07) is 3.42. The maximum Gasteiger partial charge on any atom is 0.251 e. The van der Waals surface area contributed by atoms with Gasteiger partial charge in [-0.2, -0.15) is 0 Å². The molecule has 2 aromatic heterocycles. The van der Waals surface area contributed by atoms with E-state index < -0.39 is 0 Å². The lowest BCUT2D eigenvalue weighted by molar-refractivity contribution is 0.0954. The summed E-state index contributed by atoms with van der Waals surface area (Å²) in [5.74, 6) is 0.593. The fourth-order valence-corrected chi connectivity index (χ4v) is 2.39. The van der Waals surface area contributed by atoms with E-state index in [9.17, 15) is 4.79 Å². The Morgan fingerprint density at radius 2 is 2.32 bits per heavy atom. The van der Waals surface area contributed by atoms with Gasteiger partial charge in [0.2, 0.25) is 0 Å². The van der Waals surface area contributed by atoms with E-state index in [1.165, 1.54) is 0 Å². The van der Waals surface area contributed by atoms with Gasteiger partial charge in [0.1, 0.15) is 5.82 Å². The third-order valence-electron chi connectivity index (χ3n) is 2.57. The molecule has 1 amide bonds. The van der Waals surface area contributed by atoms with Gasteiger partial charge in [-0.1, -0.05) is 0 Å². The van der Waals surface area contributed by atoms with Crippen LogP contribution in [-0.4, -0.2) is 29.5 Å². The molecule has 0 aliphatic carbocycles. The van der Waals surface area contributed by atoms with E-state index in [0.717, 1.165) is 17.1 Å². The molecule has 0 aromatic carbocycles. The predicted octanol–water partition coefficient (Wildman–Crippen LogP) is 1.86. The van der Waals surface area contributed by atoms with E-state index in [1.54, 1.807) is 36.7 Å². The molecule has 100 valence electrons. The van der Waals surface area contributed by atoms with E-state index in [-0.39, 0.29) is 5.91 Å². The predicted molar refractivity (Wildman–Crippen MR) is 76.7 cm³/mol. The van der Waals surface area contributed by atoms with E-state index >= 15 is 0 Å². The number of nitrogens with one attached hydrogen (secondary N) is 2. The van der Waals surface area contributed by atoms with Crippen LogP contribution in [0, 0.1) is 6.92 Å². The standard InChI is InChI=1S/C13H16N4OS/c1-9-8-19-12(17-9)4-6-16-13(18)10-3-5-15-11(7-10)14-2/h3,5,7-8H,4,6H2,1-2H3,(H,14,15)(H,16,18). The monoisotopic (exact) mass is 276 g/mol. The molecular weight excluding hydrogens is 260 g/mol. The Morgan fingerprint density at radius 3 is 3.00 bits per heavy atom. The topological polar surface area (TPSA) is 66.9 Å². The first-order valence-corrected chi connectivity index (χ1v) is 6.90. The van der Waals surface area contributed by atoms with Crippen molar-refractivity contribution in [1.82, 2.24) is 15.3 Å². The van der Waals surface area contributed by atoms with Crippen molar-refractivity contribution in [3.63, 3.8) is 0 Å². The summed E-state index contributed by atoms with van der Waals surface area (Å²) in [6.45, 7) is 2.55. The Bertz CT molecular complexity index is 567. The van der Waals surface area contributed by atoms with Gasteiger partial charge in [-0.3, -0.25) is 4.79 Å². The normalized spacial score (nSPS) is 10.2. The molecule has 0 atom stereocenters. The molecule has 19 heavy (non-hydrogen) atoms. The first kappa shape index (κ1) is 13.5. The third kappa shape index (κ3) is 3.75. The van der Waals surface area contributed by atoms with Gasteiger partial charge >= 0.3 is 0 Å². The number of nitrogens with zero attached hydrogens (tertiary/aromatic N) is 2. The molecule has 2 rings (SSSR count). The van der Waals surface area contributed by atoms with Gasteiger partial charge in [0, 0.05) is 42.8 Å². The van der Waals surface area contributed by atoms with E-state index in [4.69, 9.17) is 0 Å². The Hall–Kier alpha value is -1.95. The van der Waals surface area contributed by atoms with Crippen molar-refractivity contribution < 1.29 is 4.79 Å². The Kier molecular flexibility index (Phi) is 4.46. The molecule has 2 aromatic rings. The first-order valence-electron chi connectivity index (χ1n) is 6.02. The van der Waals surface area contributed by atoms with Gasteiger partial charge in [0.25, 0.3) is 5.91 Å². The maximum absolute atomic E-state index is 11.9. The van der Waals surface area contributed by atoms with Crippen LogP contribution in [0.4, 0.5) is 5.82 Å². The molecule has 0 unspecified atom stereocenters. The molecule has 0 aliphatic heterocycles. The van der Waals surface area contributed by atoms with Crippen molar-refractivity contribution in [3.8, 4) is 0 Å². The number of thiazole rings is 1. The number of aromatic nitrogens is 2. The number of carbonyl (C=O) groups is 1. The average Bonchev–Trinajstić information content (AvgIpc) is 2.84. The summed E-state index contributed by atoms with van der Waals surface area (Å²) in [4.78, 5) is 20.4.